The van der Waals surface area contributed by atoms with Gasteiger partial charge in [-0.25, -0.2) is 15.0 Å². The van der Waals surface area contributed by atoms with Crippen LogP contribution in [0.2, 0.25) is 0 Å². The molecule has 0 saturated carbocycles. The predicted molar refractivity (Wildman–Crippen MR) is 237 cm³/mol. The van der Waals surface area contributed by atoms with Gasteiger partial charge in [-0.1, -0.05) is 169 Å². The van der Waals surface area contributed by atoms with Crippen LogP contribution in [0.15, 0.2) is 212 Å². The zero-order chi connectivity index (χ0) is 38.7. The molecule has 10 aromatic rings. The third-order valence-corrected chi connectivity index (χ3v) is 10.5. The Balaban J connectivity index is 0.00000449. The first-order valence-corrected chi connectivity index (χ1v) is 19.4. The molecule has 281 valence electrons. The minimum Gasteiger partial charge on any atom is -0.304 e. The first-order chi connectivity index (χ1) is 28.7. The second kappa shape index (κ2) is 16.7. The summed E-state index contributed by atoms with van der Waals surface area (Å²) >= 11 is 0. The number of hydrogen-bond acceptors (Lipinski definition) is 4. The van der Waals surface area contributed by atoms with Gasteiger partial charge in [-0.3, -0.25) is 0 Å². The Morgan fingerprint density at radius 3 is 1.34 bits per heavy atom. The van der Waals surface area contributed by atoms with Crippen molar-refractivity contribution < 1.29 is 20.1 Å². The van der Waals surface area contributed by atoms with Crippen LogP contribution in [-0.4, -0.2) is 19.9 Å². The molecule has 10 rings (SSSR count). The summed E-state index contributed by atoms with van der Waals surface area (Å²) in [5.74, 6) is 1.77. The fourth-order valence-electron chi connectivity index (χ4n) is 7.42. The van der Waals surface area contributed by atoms with E-state index in [0.717, 1.165) is 72.1 Å². The summed E-state index contributed by atoms with van der Waals surface area (Å²) in [6, 6.07) is 74.9. The van der Waals surface area contributed by atoms with E-state index < -0.39 is 0 Å². The van der Waals surface area contributed by atoms with E-state index in [0.29, 0.717) is 17.5 Å². The van der Waals surface area contributed by atoms with Crippen molar-refractivity contribution in [1.82, 2.24) is 19.9 Å². The third-order valence-electron chi connectivity index (χ3n) is 10.5. The van der Waals surface area contributed by atoms with Crippen LogP contribution >= 0.6 is 0 Å². The van der Waals surface area contributed by atoms with Gasteiger partial charge in [0, 0.05) is 37.4 Å². The van der Waals surface area contributed by atoms with Crippen LogP contribution in [0.3, 0.4) is 0 Å². The second-order valence-corrected chi connectivity index (χ2v) is 14.3. The second-order valence-electron chi connectivity index (χ2n) is 14.3. The van der Waals surface area contributed by atoms with Crippen LogP contribution in [0.1, 0.15) is 0 Å². The maximum atomic E-state index is 5.16. The molecule has 0 aliphatic rings. The number of fused-ring (bicyclic) bond motifs is 1. The fourth-order valence-corrected chi connectivity index (χ4v) is 7.42. The van der Waals surface area contributed by atoms with Crippen LogP contribution in [-0.2, 0) is 20.1 Å². The summed E-state index contributed by atoms with van der Waals surface area (Å²) < 4.78 is 0. The summed E-state index contributed by atoms with van der Waals surface area (Å²) in [6.07, 6.45) is 1.91. The zero-order valence-electron chi connectivity index (χ0n) is 31.8. The van der Waals surface area contributed by atoms with E-state index in [1.807, 2.05) is 36.5 Å². The van der Waals surface area contributed by atoms with Crippen LogP contribution in [0, 0.1) is 6.07 Å². The van der Waals surface area contributed by atoms with Crippen LogP contribution in [0.5, 0.6) is 0 Å². The summed E-state index contributed by atoms with van der Waals surface area (Å²) in [6.45, 7) is 0. The monoisotopic (exact) mass is 932 g/mol. The average Bonchev–Trinajstić information content (AvgIpc) is 3.32. The van der Waals surface area contributed by atoms with Crippen molar-refractivity contribution >= 4 is 10.8 Å². The van der Waals surface area contributed by atoms with E-state index in [1.54, 1.807) is 0 Å². The molecule has 0 aliphatic heterocycles. The van der Waals surface area contributed by atoms with Gasteiger partial charge in [-0.05, 0) is 85.2 Å². The van der Waals surface area contributed by atoms with E-state index in [2.05, 4.69) is 182 Å². The number of nitrogens with zero attached hydrogens (tertiary/aromatic N) is 4. The van der Waals surface area contributed by atoms with Crippen molar-refractivity contribution in [3.63, 3.8) is 0 Å². The summed E-state index contributed by atoms with van der Waals surface area (Å²) in [4.78, 5) is 20.2. The van der Waals surface area contributed by atoms with Gasteiger partial charge >= 0.3 is 0 Å². The molecular weight excluding hydrogens is 897 g/mol. The van der Waals surface area contributed by atoms with Gasteiger partial charge in [0.25, 0.3) is 0 Å². The molecule has 0 saturated heterocycles. The minimum atomic E-state index is 0. The molecular formula is C54H35IrN4-. The van der Waals surface area contributed by atoms with Crippen molar-refractivity contribution in [2.75, 3.05) is 0 Å². The van der Waals surface area contributed by atoms with Crippen LogP contribution in [0.25, 0.3) is 101 Å². The first-order valence-electron chi connectivity index (χ1n) is 19.4. The Kier molecular flexibility index (Phi) is 10.6. The Labute approximate surface area is 357 Å². The molecule has 59 heavy (non-hydrogen) atoms. The standard InChI is InChI=1S/C54H35N4.Ir/c1-4-14-37(15-5-1)40-26-28-41(29-27-40)52-56-53(58-54(57-52)46-25-13-23-44(31-46)51-35-43-20-10-11-21-47(43)36-55-51)45-24-12-22-42(30-45)50-33-48(38-16-6-2-7-17-38)32-49(34-50)39-18-8-3-9-19-39;/h1-22,24-36H;/q-1;. The van der Waals surface area contributed by atoms with Gasteiger partial charge in [-0.2, -0.15) is 0 Å². The molecule has 0 bridgehead atoms. The van der Waals surface area contributed by atoms with Crippen LogP contribution < -0.4 is 0 Å². The Morgan fingerprint density at radius 1 is 0.305 bits per heavy atom. The number of aromatic nitrogens is 4. The molecule has 8 aromatic carbocycles. The molecule has 0 atom stereocenters. The van der Waals surface area contributed by atoms with E-state index >= 15 is 0 Å². The molecule has 0 fully saturated rings. The Morgan fingerprint density at radius 2 is 0.729 bits per heavy atom. The average molecular weight is 932 g/mol. The number of hydrogen-bond donors (Lipinski definition) is 0. The van der Waals surface area contributed by atoms with Crippen molar-refractivity contribution in [3.8, 4) is 89.9 Å². The van der Waals surface area contributed by atoms with E-state index in [9.17, 15) is 0 Å². The molecule has 4 nitrogen and oxygen atoms in total. The number of benzene rings is 8. The largest absolute Gasteiger partial charge is 0.304 e. The zero-order valence-corrected chi connectivity index (χ0v) is 34.2. The molecule has 0 N–H and O–H groups in total. The molecule has 2 heterocycles. The summed E-state index contributed by atoms with van der Waals surface area (Å²) in [5.41, 5.74) is 13.5. The molecule has 2 aromatic heterocycles. The van der Waals surface area contributed by atoms with E-state index in [1.165, 1.54) is 11.1 Å². The third kappa shape index (κ3) is 8.03. The maximum absolute atomic E-state index is 5.16. The molecule has 0 amide bonds. The fraction of sp³-hybridized carbons (Fsp3) is 0. The number of rotatable bonds is 8. The summed E-state index contributed by atoms with van der Waals surface area (Å²) in [5, 5.41) is 2.22. The van der Waals surface area contributed by atoms with Crippen molar-refractivity contribution in [2.45, 2.75) is 0 Å². The predicted octanol–water partition coefficient (Wildman–Crippen LogP) is 13.6. The van der Waals surface area contributed by atoms with E-state index in [-0.39, 0.29) is 20.1 Å². The Bertz CT molecular complexity index is 2980. The maximum Gasteiger partial charge on any atom is 0.164 e. The van der Waals surface area contributed by atoms with Crippen molar-refractivity contribution in [1.29, 1.82) is 0 Å². The first kappa shape index (κ1) is 37.4. The van der Waals surface area contributed by atoms with Gasteiger partial charge in [0.2, 0.25) is 0 Å². The van der Waals surface area contributed by atoms with Gasteiger partial charge < -0.3 is 4.98 Å². The van der Waals surface area contributed by atoms with Gasteiger partial charge in [0.15, 0.2) is 11.6 Å². The topological polar surface area (TPSA) is 51.6 Å². The molecule has 5 heteroatoms. The Hall–Kier alpha value is -7.17. The quantitative estimate of drug-likeness (QED) is 0.142. The smallest absolute Gasteiger partial charge is 0.164 e. The normalized spacial score (nSPS) is 10.9. The number of pyridine rings is 1. The van der Waals surface area contributed by atoms with Gasteiger partial charge in [0.05, 0.1) is 0 Å². The molecule has 0 unspecified atom stereocenters. The molecule has 0 spiro atoms. The van der Waals surface area contributed by atoms with E-state index in [4.69, 9.17) is 19.9 Å². The van der Waals surface area contributed by atoms with Crippen molar-refractivity contribution in [2.24, 2.45) is 0 Å². The van der Waals surface area contributed by atoms with Gasteiger partial charge in [0.1, 0.15) is 5.82 Å². The van der Waals surface area contributed by atoms with Crippen LogP contribution in [0.4, 0.5) is 0 Å². The SMILES string of the molecule is [Ir].[c-]1ccc(-c2nc(-c3ccc(-c4ccccc4)cc3)nc(-c3cccc(-c4cc(-c5ccccc5)cc(-c5ccccc5)c4)c3)n2)cc1-c1cc2ccccc2cn1. The van der Waals surface area contributed by atoms with Crippen molar-refractivity contribution in [3.05, 3.63) is 219 Å². The molecule has 1 radical (unpaired) electrons. The molecule has 0 aliphatic carbocycles. The summed E-state index contributed by atoms with van der Waals surface area (Å²) in [7, 11) is 0. The van der Waals surface area contributed by atoms with Gasteiger partial charge in [-0.15, -0.1) is 29.8 Å². The minimum absolute atomic E-state index is 0.